The van der Waals surface area contributed by atoms with Crippen LogP contribution in [0, 0.1) is 0 Å². The van der Waals surface area contributed by atoms with E-state index in [0.29, 0.717) is 27.2 Å². The van der Waals surface area contributed by atoms with Crippen molar-refractivity contribution in [1.82, 2.24) is 15.2 Å². The van der Waals surface area contributed by atoms with Gasteiger partial charge in [0, 0.05) is 10.6 Å². The first kappa shape index (κ1) is 21.2. The van der Waals surface area contributed by atoms with Gasteiger partial charge in [0.1, 0.15) is 10.8 Å². The largest absolute Gasteiger partial charge is 0.497 e. The number of hydrogen-bond donors (Lipinski definition) is 4. The van der Waals surface area contributed by atoms with Crippen LogP contribution in [0.4, 0.5) is 16.6 Å². The summed E-state index contributed by atoms with van der Waals surface area (Å²) in [6.45, 7) is 0. The maximum atomic E-state index is 13.2. The number of nitrogens with two attached hydrogens (primary N) is 1. The Labute approximate surface area is 187 Å². The van der Waals surface area contributed by atoms with Crippen LogP contribution in [-0.2, 0) is 17.6 Å². The molecule has 9 nitrogen and oxygen atoms in total. The number of carbonyl (C=O) groups excluding carboxylic acids is 2. The van der Waals surface area contributed by atoms with Gasteiger partial charge in [0.2, 0.25) is 17.0 Å². The first-order valence-corrected chi connectivity index (χ1v) is 11.5. The first-order chi connectivity index (χ1) is 15.0. The monoisotopic (exact) mass is 458 g/mol. The second-order valence-electron chi connectivity index (χ2n) is 6.94. The minimum absolute atomic E-state index is 0.111. The molecular formula is C20H22N6O3S2. The Morgan fingerprint density at radius 2 is 2.00 bits per heavy atom. The number of thiophene rings is 1. The van der Waals surface area contributed by atoms with E-state index in [4.69, 9.17) is 10.5 Å². The van der Waals surface area contributed by atoms with Crippen molar-refractivity contribution in [3.8, 4) is 5.75 Å². The minimum atomic E-state index is -0.231. The Bertz CT molecular complexity index is 1090. The molecule has 5 N–H and O–H groups in total. The van der Waals surface area contributed by atoms with Crippen molar-refractivity contribution in [2.24, 2.45) is 0 Å². The molecule has 0 fully saturated rings. The van der Waals surface area contributed by atoms with Crippen molar-refractivity contribution in [3.05, 3.63) is 40.3 Å². The van der Waals surface area contributed by atoms with Gasteiger partial charge in [-0.3, -0.25) is 9.59 Å². The summed E-state index contributed by atoms with van der Waals surface area (Å²) in [7, 11) is 1.59. The van der Waals surface area contributed by atoms with Crippen molar-refractivity contribution < 1.29 is 14.3 Å². The molecule has 0 atom stereocenters. The Kier molecular flexibility index (Phi) is 6.42. The number of aryl methyl sites for hydroxylation is 1. The zero-order chi connectivity index (χ0) is 21.8. The van der Waals surface area contributed by atoms with E-state index in [-0.39, 0.29) is 23.5 Å². The maximum Gasteiger partial charge on any atom is 0.258 e. The van der Waals surface area contributed by atoms with Crippen LogP contribution >= 0.6 is 23.1 Å². The van der Waals surface area contributed by atoms with Gasteiger partial charge in [-0.05, 0) is 55.5 Å². The fraction of sp³-hybridized carbons (Fsp3) is 0.300. The molecule has 0 bridgehead atoms. The number of carbonyl (C=O) groups is 2. The van der Waals surface area contributed by atoms with E-state index in [9.17, 15) is 9.59 Å². The van der Waals surface area contributed by atoms with Crippen molar-refractivity contribution in [2.75, 3.05) is 29.2 Å². The molecule has 0 saturated heterocycles. The van der Waals surface area contributed by atoms with E-state index >= 15 is 0 Å². The van der Waals surface area contributed by atoms with Crippen molar-refractivity contribution >= 4 is 51.5 Å². The summed E-state index contributed by atoms with van der Waals surface area (Å²) in [5, 5.41) is 13.3. The lowest BCUT2D eigenvalue weighted by Crippen LogP contribution is -2.19. The number of aromatic nitrogens is 3. The van der Waals surface area contributed by atoms with Crippen LogP contribution < -0.4 is 21.1 Å². The molecule has 1 aliphatic carbocycles. The number of nitrogens with zero attached hydrogens (tertiary/aromatic N) is 2. The number of H-pyrrole nitrogens is 1. The number of fused-ring (bicyclic) bond motifs is 1. The third-order valence-corrected chi connectivity index (χ3v) is 6.87. The van der Waals surface area contributed by atoms with Gasteiger partial charge in [0.15, 0.2) is 0 Å². The smallest absolute Gasteiger partial charge is 0.258 e. The molecule has 0 aliphatic heterocycles. The molecule has 2 heterocycles. The van der Waals surface area contributed by atoms with Crippen LogP contribution in [0.2, 0.25) is 0 Å². The summed E-state index contributed by atoms with van der Waals surface area (Å²) in [5.41, 5.74) is 7.75. The van der Waals surface area contributed by atoms with E-state index in [1.165, 1.54) is 23.1 Å². The fourth-order valence-electron chi connectivity index (χ4n) is 3.38. The van der Waals surface area contributed by atoms with Gasteiger partial charge in [0.25, 0.3) is 5.91 Å². The highest BCUT2D eigenvalue weighted by molar-refractivity contribution is 7.99. The molecule has 0 spiro atoms. The van der Waals surface area contributed by atoms with Gasteiger partial charge in [-0.15, -0.1) is 16.4 Å². The molecule has 31 heavy (non-hydrogen) atoms. The first-order valence-electron chi connectivity index (χ1n) is 9.74. The maximum absolute atomic E-state index is 13.2. The summed E-state index contributed by atoms with van der Waals surface area (Å²) in [6, 6.07) is 7.14. The quantitative estimate of drug-likeness (QED) is 0.399. The van der Waals surface area contributed by atoms with Crippen LogP contribution in [0.25, 0.3) is 0 Å². The molecule has 2 amide bonds. The number of anilines is 3. The zero-order valence-electron chi connectivity index (χ0n) is 16.9. The molecule has 1 aliphatic rings. The molecule has 4 rings (SSSR count). The normalized spacial score (nSPS) is 12.8. The number of ether oxygens (including phenoxy) is 1. The van der Waals surface area contributed by atoms with Crippen LogP contribution in [0.15, 0.2) is 29.4 Å². The average Bonchev–Trinajstić information content (AvgIpc) is 3.35. The molecule has 2 aromatic heterocycles. The van der Waals surface area contributed by atoms with Gasteiger partial charge in [-0.1, -0.05) is 11.8 Å². The van der Waals surface area contributed by atoms with Crippen LogP contribution in [0.3, 0.4) is 0 Å². The predicted octanol–water partition coefficient (Wildman–Crippen LogP) is 3.32. The van der Waals surface area contributed by atoms with Crippen LogP contribution in [0.1, 0.15) is 33.6 Å². The molecule has 1 aromatic carbocycles. The number of hydrogen-bond acceptors (Lipinski definition) is 8. The van der Waals surface area contributed by atoms with Crippen LogP contribution in [0.5, 0.6) is 5.75 Å². The lowest BCUT2D eigenvalue weighted by Gasteiger charge is -2.13. The van der Waals surface area contributed by atoms with Crippen molar-refractivity contribution in [2.45, 2.75) is 30.8 Å². The second kappa shape index (κ2) is 9.40. The Morgan fingerprint density at radius 3 is 2.71 bits per heavy atom. The highest BCUT2D eigenvalue weighted by Gasteiger charge is 2.26. The minimum Gasteiger partial charge on any atom is -0.497 e. The predicted molar refractivity (Wildman–Crippen MR) is 122 cm³/mol. The Hall–Kier alpha value is -3.05. The number of amides is 2. The van der Waals surface area contributed by atoms with E-state index < -0.39 is 0 Å². The number of aromatic amines is 1. The molecule has 0 saturated carbocycles. The average molecular weight is 459 g/mol. The van der Waals surface area contributed by atoms with E-state index in [2.05, 4.69) is 25.8 Å². The zero-order valence-corrected chi connectivity index (χ0v) is 18.5. The number of benzene rings is 1. The van der Waals surface area contributed by atoms with Gasteiger partial charge in [-0.25, -0.2) is 5.10 Å². The second-order valence-corrected chi connectivity index (χ2v) is 8.99. The lowest BCUT2D eigenvalue weighted by atomic mass is 9.95. The number of thioether (sulfide) groups is 1. The fourth-order valence-corrected chi connectivity index (χ4v) is 5.29. The summed E-state index contributed by atoms with van der Waals surface area (Å²) >= 11 is 2.65. The number of nitrogen functional groups attached to an aromatic ring is 1. The molecule has 0 radical (unpaired) electrons. The standard InChI is InChI=1S/C20H22N6O3S2/c1-29-12-8-6-11(7-9-12)22-17(28)16-13-4-2-3-5-14(13)31-18(16)23-15(27)10-30-20-24-19(21)25-26-20/h6-9H,2-5,10H2,1H3,(H,22,28)(H,23,27)(H3,21,24,25,26). The van der Waals surface area contributed by atoms with Gasteiger partial charge in [0.05, 0.1) is 18.4 Å². The SMILES string of the molecule is COc1ccc(NC(=O)c2c(NC(=O)CSc3n[nH]c(N)n3)sc3c2CCCC3)cc1. The summed E-state index contributed by atoms with van der Waals surface area (Å²) in [5.74, 6) is 0.565. The van der Waals surface area contributed by atoms with E-state index in [1.54, 1.807) is 31.4 Å². The van der Waals surface area contributed by atoms with Gasteiger partial charge in [-0.2, -0.15) is 4.98 Å². The Morgan fingerprint density at radius 1 is 1.23 bits per heavy atom. The summed E-state index contributed by atoms with van der Waals surface area (Å²) < 4.78 is 5.16. The third-order valence-electron chi connectivity index (χ3n) is 4.81. The molecule has 0 unspecified atom stereocenters. The summed E-state index contributed by atoms with van der Waals surface area (Å²) in [4.78, 5) is 30.8. The molecule has 11 heteroatoms. The Balaban J connectivity index is 1.51. The third kappa shape index (κ3) is 5.00. The highest BCUT2D eigenvalue weighted by Crippen LogP contribution is 2.38. The molecule has 162 valence electrons. The van der Waals surface area contributed by atoms with E-state index in [1.807, 2.05) is 0 Å². The number of rotatable bonds is 7. The lowest BCUT2D eigenvalue weighted by molar-refractivity contribution is -0.113. The highest BCUT2D eigenvalue weighted by atomic mass is 32.2. The topological polar surface area (TPSA) is 135 Å². The summed E-state index contributed by atoms with van der Waals surface area (Å²) in [6.07, 6.45) is 3.87. The van der Waals surface area contributed by atoms with Crippen molar-refractivity contribution in [1.29, 1.82) is 0 Å². The molecular weight excluding hydrogens is 436 g/mol. The van der Waals surface area contributed by atoms with Crippen LogP contribution in [-0.4, -0.2) is 39.9 Å². The number of nitrogens with one attached hydrogen (secondary N) is 3. The van der Waals surface area contributed by atoms with E-state index in [0.717, 1.165) is 36.1 Å². The van der Waals surface area contributed by atoms with Gasteiger partial charge >= 0.3 is 0 Å². The number of methoxy groups -OCH3 is 1. The van der Waals surface area contributed by atoms with Gasteiger partial charge < -0.3 is 21.1 Å². The van der Waals surface area contributed by atoms with Crippen molar-refractivity contribution in [3.63, 3.8) is 0 Å². The molecule has 3 aromatic rings.